The van der Waals surface area contributed by atoms with Crippen molar-refractivity contribution in [2.75, 3.05) is 43.6 Å². The molecule has 3 atom stereocenters. The zero-order valence-corrected chi connectivity index (χ0v) is 32.4. The molecule has 2 aromatic carbocycles. The Labute approximate surface area is 331 Å². The van der Waals surface area contributed by atoms with Gasteiger partial charge in [-0.25, -0.2) is 4.98 Å². The third-order valence-electron chi connectivity index (χ3n) is 9.97. The highest BCUT2D eigenvalue weighted by Crippen LogP contribution is 2.32. The standard InChI is InChI=1S/C39H41ClN8O9/c1-5-23-16-46(17-25(57-23)18-55-24-7-8-26-27(14-24)37(53)48(36(26)52)30-10-11-32(49)44-35(30)51)39-42-15-28(40)34(45-39)43-22-6-9-29-21(12-22)13-31(56-19-33(50)41-4)38(54)47(29)20(2)3/h6-9,12-15,20,23,25,30H,5,10-11,16-19H2,1-4H3,(H,41,50)(H,42,43,45)(H,44,49,51)/t23-,25+,30?/m1/s1. The van der Waals surface area contributed by atoms with Gasteiger partial charge in [-0.3, -0.25) is 39.0 Å². The topological polar surface area (TPSA) is 203 Å². The van der Waals surface area contributed by atoms with Crippen molar-refractivity contribution < 1.29 is 38.2 Å². The van der Waals surface area contributed by atoms with E-state index in [9.17, 15) is 28.8 Å². The lowest BCUT2D eigenvalue weighted by molar-refractivity contribution is -0.136. The summed E-state index contributed by atoms with van der Waals surface area (Å²) in [7, 11) is 1.49. The first-order valence-corrected chi connectivity index (χ1v) is 18.9. The Bertz CT molecular complexity index is 2350. The van der Waals surface area contributed by atoms with Gasteiger partial charge in [0.15, 0.2) is 18.2 Å². The molecule has 3 aliphatic rings. The van der Waals surface area contributed by atoms with Gasteiger partial charge in [0.05, 0.1) is 35.5 Å². The Hall–Kier alpha value is -6.07. The Morgan fingerprint density at radius 2 is 1.79 bits per heavy atom. The number of rotatable bonds is 12. The van der Waals surface area contributed by atoms with Crippen LogP contribution in [0.1, 0.15) is 66.8 Å². The third-order valence-corrected chi connectivity index (χ3v) is 10.2. The summed E-state index contributed by atoms with van der Waals surface area (Å²) in [6.07, 6.45) is 1.70. The van der Waals surface area contributed by atoms with E-state index < -0.39 is 35.8 Å². The second-order valence-electron chi connectivity index (χ2n) is 14.2. The first-order valence-electron chi connectivity index (χ1n) is 18.6. The van der Waals surface area contributed by atoms with E-state index in [1.54, 1.807) is 16.7 Å². The van der Waals surface area contributed by atoms with Crippen molar-refractivity contribution >= 4 is 69.5 Å². The van der Waals surface area contributed by atoms with Crippen molar-refractivity contribution in [1.29, 1.82) is 0 Å². The van der Waals surface area contributed by atoms with Crippen molar-refractivity contribution in [3.8, 4) is 11.5 Å². The zero-order chi connectivity index (χ0) is 40.5. The minimum Gasteiger partial charge on any atom is -0.491 e. The second kappa shape index (κ2) is 16.2. The van der Waals surface area contributed by atoms with Crippen molar-refractivity contribution in [3.63, 3.8) is 0 Å². The number of benzene rings is 2. The molecule has 7 rings (SSSR count). The number of fused-ring (bicyclic) bond motifs is 2. The normalized spacial score (nSPS) is 19.5. The van der Waals surface area contributed by atoms with Gasteiger partial charge < -0.3 is 34.3 Å². The van der Waals surface area contributed by atoms with Crippen molar-refractivity contribution in [3.05, 3.63) is 75.2 Å². The Morgan fingerprint density at radius 1 is 1.02 bits per heavy atom. The number of imide groups is 2. The van der Waals surface area contributed by atoms with Crippen LogP contribution in [0.5, 0.6) is 11.5 Å². The number of hydrogen-bond donors (Lipinski definition) is 3. The number of carbonyl (C=O) groups excluding carboxylic acids is 5. The van der Waals surface area contributed by atoms with Gasteiger partial charge in [0.1, 0.15) is 29.5 Å². The molecule has 5 amide bonds. The number of piperidine rings is 1. The molecule has 2 saturated heterocycles. The summed E-state index contributed by atoms with van der Waals surface area (Å²) < 4.78 is 19.6. The van der Waals surface area contributed by atoms with Gasteiger partial charge in [0, 0.05) is 37.1 Å². The predicted octanol–water partition coefficient (Wildman–Crippen LogP) is 3.36. The summed E-state index contributed by atoms with van der Waals surface area (Å²) in [6.45, 7) is 6.46. The second-order valence-corrected chi connectivity index (χ2v) is 14.6. The number of morpholine rings is 1. The van der Waals surface area contributed by atoms with E-state index in [0.29, 0.717) is 53.6 Å². The molecule has 0 spiro atoms. The molecule has 0 saturated carbocycles. The highest BCUT2D eigenvalue weighted by Gasteiger charge is 2.44. The van der Waals surface area contributed by atoms with E-state index in [1.165, 1.54) is 25.4 Å². The number of pyridine rings is 1. The van der Waals surface area contributed by atoms with Crippen LogP contribution in [0, 0.1) is 0 Å². The van der Waals surface area contributed by atoms with Crippen molar-refractivity contribution in [2.45, 2.75) is 64.3 Å². The smallest absolute Gasteiger partial charge is 0.293 e. The molecular weight excluding hydrogens is 760 g/mol. The third kappa shape index (κ3) is 7.97. The molecule has 57 heavy (non-hydrogen) atoms. The van der Waals surface area contributed by atoms with Crippen molar-refractivity contribution in [2.24, 2.45) is 0 Å². The Balaban J connectivity index is 1.06. The van der Waals surface area contributed by atoms with Crippen LogP contribution in [0.2, 0.25) is 5.02 Å². The number of ether oxygens (including phenoxy) is 3. The molecule has 0 bridgehead atoms. The molecule has 0 aliphatic carbocycles. The maximum absolute atomic E-state index is 13.3. The fraction of sp³-hybridized carbons (Fsp3) is 0.385. The molecule has 17 nitrogen and oxygen atoms in total. The highest BCUT2D eigenvalue weighted by atomic mass is 35.5. The van der Waals surface area contributed by atoms with E-state index >= 15 is 0 Å². The first kappa shape index (κ1) is 39.2. The number of amides is 5. The minimum absolute atomic E-state index is 0.0302. The van der Waals surface area contributed by atoms with Crippen LogP contribution >= 0.6 is 11.6 Å². The number of nitrogens with zero attached hydrogens (tertiary/aromatic N) is 5. The lowest BCUT2D eigenvalue weighted by Gasteiger charge is -2.37. The van der Waals surface area contributed by atoms with Crippen molar-refractivity contribution in [1.82, 2.24) is 30.1 Å². The van der Waals surface area contributed by atoms with Gasteiger partial charge in [0.25, 0.3) is 23.3 Å². The fourth-order valence-corrected chi connectivity index (χ4v) is 7.24. The number of halogens is 1. The minimum atomic E-state index is -1.06. The van der Waals surface area contributed by atoms with Gasteiger partial charge in [0.2, 0.25) is 17.8 Å². The number of hydrogen-bond acceptors (Lipinski definition) is 13. The average Bonchev–Trinajstić information content (AvgIpc) is 3.44. The van der Waals surface area contributed by atoms with Crippen LogP contribution in [0.4, 0.5) is 17.5 Å². The number of aromatic nitrogens is 3. The van der Waals surface area contributed by atoms with E-state index in [-0.39, 0.29) is 71.6 Å². The SMILES string of the molecule is CC[C@@H]1CN(c2ncc(Cl)c(Nc3ccc4c(c3)cc(OCC(=O)NC)c(=O)n4C(C)C)n2)C[C@@H](COc2ccc3c(c2)C(=O)N(C2CCC(=O)NC2=O)C3=O)O1. The van der Waals surface area contributed by atoms with Crippen LogP contribution in [-0.4, -0.2) is 101 Å². The van der Waals surface area contributed by atoms with Crippen LogP contribution in [-0.2, 0) is 19.1 Å². The summed E-state index contributed by atoms with van der Waals surface area (Å²) in [5, 5.41) is 8.92. The largest absolute Gasteiger partial charge is 0.491 e. The lowest BCUT2D eigenvalue weighted by Crippen LogP contribution is -2.54. The molecule has 4 aromatic rings. The Kier molecular flexibility index (Phi) is 11.1. The molecule has 5 heterocycles. The van der Waals surface area contributed by atoms with Crippen LogP contribution in [0.25, 0.3) is 10.9 Å². The first-order chi connectivity index (χ1) is 27.3. The maximum Gasteiger partial charge on any atom is 0.293 e. The van der Waals surface area contributed by atoms with Gasteiger partial charge in [-0.2, -0.15) is 4.98 Å². The van der Waals surface area contributed by atoms with Gasteiger partial charge in [-0.1, -0.05) is 18.5 Å². The molecule has 3 N–H and O–H groups in total. The summed E-state index contributed by atoms with van der Waals surface area (Å²) in [5.74, 6) is -1.56. The molecule has 3 aliphatic heterocycles. The van der Waals surface area contributed by atoms with E-state index in [4.69, 9.17) is 30.8 Å². The number of carbonyl (C=O) groups is 5. The molecular formula is C39H41ClN8O9. The van der Waals surface area contributed by atoms with E-state index in [2.05, 4.69) is 20.9 Å². The molecule has 18 heteroatoms. The molecule has 2 aromatic heterocycles. The van der Waals surface area contributed by atoms with Gasteiger partial charge in [-0.05, 0) is 69.2 Å². The van der Waals surface area contributed by atoms with Gasteiger partial charge in [-0.15, -0.1) is 0 Å². The molecule has 298 valence electrons. The number of likely N-dealkylation sites (N-methyl/N-ethyl adjacent to an activating group) is 1. The average molecular weight is 801 g/mol. The van der Waals surface area contributed by atoms with Crippen LogP contribution in [0.15, 0.2) is 53.5 Å². The van der Waals surface area contributed by atoms with Gasteiger partial charge >= 0.3 is 0 Å². The summed E-state index contributed by atoms with van der Waals surface area (Å²) >= 11 is 6.59. The summed E-state index contributed by atoms with van der Waals surface area (Å²) in [6, 6.07) is 10.4. The highest BCUT2D eigenvalue weighted by molar-refractivity contribution is 6.33. The Morgan fingerprint density at radius 3 is 2.53 bits per heavy atom. The maximum atomic E-state index is 13.3. The quantitative estimate of drug-likeness (QED) is 0.176. The predicted molar refractivity (Wildman–Crippen MR) is 208 cm³/mol. The molecule has 2 fully saturated rings. The fourth-order valence-electron chi connectivity index (χ4n) is 7.10. The van der Waals surface area contributed by atoms with Crippen LogP contribution in [0.3, 0.4) is 0 Å². The summed E-state index contributed by atoms with van der Waals surface area (Å²) in [5.41, 5.74) is 1.24. The number of anilines is 3. The monoisotopic (exact) mass is 800 g/mol. The van der Waals surface area contributed by atoms with Crippen LogP contribution < -0.4 is 35.9 Å². The molecule has 0 radical (unpaired) electrons. The number of nitrogens with one attached hydrogen (secondary N) is 3. The molecule has 1 unspecified atom stereocenters. The van der Waals surface area contributed by atoms with E-state index in [0.717, 1.165) is 4.90 Å². The lowest BCUT2D eigenvalue weighted by atomic mass is 10.0. The zero-order valence-electron chi connectivity index (χ0n) is 31.7. The van der Waals surface area contributed by atoms with E-state index in [1.807, 2.05) is 43.9 Å². The summed E-state index contributed by atoms with van der Waals surface area (Å²) in [4.78, 5) is 87.8.